The topological polar surface area (TPSA) is 0 Å². The summed E-state index contributed by atoms with van der Waals surface area (Å²) < 4.78 is 0. The molecule has 18 heavy (non-hydrogen) atoms. The van der Waals surface area contributed by atoms with E-state index in [1.807, 2.05) is 12.2 Å². The average molecular weight is 319 g/mol. The van der Waals surface area contributed by atoms with Gasteiger partial charge in [0.2, 0.25) is 0 Å². The van der Waals surface area contributed by atoms with Crippen LogP contribution in [0.5, 0.6) is 0 Å². The summed E-state index contributed by atoms with van der Waals surface area (Å²) in [6.45, 7) is 4.38. The van der Waals surface area contributed by atoms with E-state index in [-0.39, 0.29) is 46.5 Å². The smallest absolute Gasteiger partial charge is 1.00 e. The molecular formula is C15H20Cl2Ti. The molecule has 3 heteroatoms. The van der Waals surface area contributed by atoms with Gasteiger partial charge < -0.3 is 24.8 Å². The number of rotatable bonds is 3. The molecule has 0 atom stereocenters. The molecule has 0 nitrogen and oxygen atoms in total. The van der Waals surface area contributed by atoms with E-state index in [2.05, 4.69) is 38.2 Å². The third-order valence-electron chi connectivity index (χ3n) is 2.41. The fourth-order valence-electron chi connectivity index (χ4n) is 1.52. The average Bonchev–Trinajstić information content (AvgIpc) is 2.88. The molecule has 0 unspecified atom stereocenters. The molecule has 0 saturated heterocycles. The van der Waals surface area contributed by atoms with Gasteiger partial charge in [0.15, 0.2) is 0 Å². The van der Waals surface area contributed by atoms with Crippen LogP contribution < -0.4 is 24.8 Å². The molecule has 98 valence electrons. The van der Waals surface area contributed by atoms with Crippen LogP contribution in [-0.2, 0) is 21.7 Å². The Balaban J connectivity index is -0.000000245. The SMILES string of the molecule is CCCCC1=CCC(C)=[C-]1.[C-]1=CC=CC1.[Cl-].[Cl-].[Ti+4]. The predicted molar refractivity (Wildman–Crippen MR) is 66.2 cm³/mol. The number of unbranched alkanes of at least 4 members (excludes halogenated alkanes) is 1. The molecule has 0 N–H and O–H groups in total. The van der Waals surface area contributed by atoms with Crippen LogP contribution in [0, 0.1) is 12.2 Å². The molecule has 0 aliphatic heterocycles. The predicted octanol–water partition coefficient (Wildman–Crippen LogP) is -1.43. The van der Waals surface area contributed by atoms with Crippen LogP contribution in [0.4, 0.5) is 0 Å². The van der Waals surface area contributed by atoms with E-state index in [0.29, 0.717) is 0 Å². The second kappa shape index (κ2) is 15.3. The number of halogens is 2. The van der Waals surface area contributed by atoms with Crippen molar-refractivity contribution in [1.82, 2.24) is 0 Å². The van der Waals surface area contributed by atoms with Crippen LogP contribution in [0.3, 0.4) is 0 Å². The Morgan fingerprint density at radius 1 is 1.28 bits per heavy atom. The summed E-state index contributed by atoms with van der Waals surface area (Å²) >= 11 is 0. The first-order valence-corrected chi connectivity index (χ1v) is 5.83. The molecular weight excluding hydrogens is 299 g/mol. The van der Waals surface area contributed by atoms with Crippen LogP contribution in [0.1, 0.15) is 46.0 Å². The Labute approximate surface area is 139 Å². The third-order valence-corrected chi connectivity index (χ3v) is 2.41. The summed E-state index contributed by atoms with van der Waals surface area (Å²) in [6, 6.07) is 0. The fraction of sp³-hybridized carbons (Fsp3) is 0.467. The first-order chi connectivity index (χ1) is 7.33. The van der Waals surface area contributed by atoms with Crippen LogP contribution in [0.25, 0.3) is 0 Å². The maximum Gasteiger partial charge on any atom is 4.00 e. The van der Waals surface area contributed by atoms with Gasteiger partial charge >= 0.3 is 21.7 Å². The molecule has 0 amide bonds. The fourth-order valence-corrected chi connectivity index (χ4v) is 1.52. The Hall–Kier alpha value is 0.254. The van der Waals surface area contributed by atoms with Crippen molar-refractivity contribution in [2.45, 2.75) is 46.0 Å². The van der Waals surface area contributed by atoms with Crippen molar-refractivity contribution in [2.75, 3.05) is 0 Å². The maximum atomic E-state index is 3.37. The van der Waals surface area contributed by atoms with E-state index in [4.69, 9.17) is 0 Å². The van der Waals surface area contributed by atoms with Crippen LogP contribution in [0.15, 0.2) is 35.5 Å². The largest absolute Gasteiger partial charge is 4.00 e. The Morgan fingerprint density at radius 3 is 2.33 bits per heavy atom. The van der Waals surface area contributed by atoms with Gasteiger partial charge in [0.1, 0.15) is 0 Å². The molecule has 2 rings (SSSR count). The molecule has 0 spiro atoms. The van der Waals surface area contributed by atoms with E-state index in [9.17, 15) is 0 Å². The molecule has 0 radical (unpaired) electrons. The molecule has 0 heterocycles. The monoisotopic (exact) mass is 318 g/mol. The summed E-state index contributed by atoms with van der Waals surface area (Å²) in [6.07, 6.45) is 20.6. The van der Waals surface area contributed by atoms with Gasteiger partial charge in [-0.25, -0.2) is 29.9 Å². The van der Waals surface area contributed by atoms with Gasteiger partial charge in [0.25, 0.3) is 0 Å². The molecule has 2 aliphatic carbocycles. The zero-order valence-electron chi connectivity index (χ0n) is 11.1. The van der Waals surface area contributed by atoms with E-state index < -0.39 is 0 Å². The van der Waals surface area contributed by atoms with Gasteiger partial charge in [-0.3, -0.25) is 6.08 Å². The van der Waals surface area contributed by atoms with Gasteiger partial charge in [0, 0.05) is 0 Å². The maximum absolute atomic E-state index is 3.37. The van der Waals surface area contributed by atoms with E-state index in [1.165, 1.54) is 30.4 Å². The summed E-state index contributed by atoms with van der Waals surface area (Å²) in [4.78, 5) is 0. The Bertz CT molecular complexity index is 292. The van der Waals surface area contributed by atoms with Gasteiger partial charge in [0.05, 0.1) is 0 Å². The van der Waals surface area contributed by atoms with Gasteiger partial charge in [-0.05, 0) is 0 Å². The zero-order chi connectivity index (χ0) is 10.9. The standard InChI is InChI=1S/C10H15.C5H5.2ClH.Ti/c1-3-4-5-10-7-6-9(2)8-10;1-2-4-5-3-1;;;/h7H,3-6H2,1-2H3;1-3H,4H2;2*1H;/q2*-1;;;+4/p-2. The quantitative estimate of drug-likeness (QED) is 0.442. The molecule has 0 fully saturated rings. The zero-order valence-corrected chi connectivity index (χ0v) is 14.2. The first kappa shape index (κ1) is 23.4. The van der Waals surface area contributed by atoms with Crippen molar-refractivity contribution in [3.63, 3.8) is 0 Å². The van der Waals surface area contributed by atoms with Crippen LogP contribution in [-0.4, -0.2) is 0 Å². The van der Waals surface area contributed by atoms with Crippen molar-refractivity contribution in [3.05, 3.63) is 47.6 Å². The number of hydrogen-bond acceptors (Lipinski definition) is 0. The van der Waals surface area contributed by atoms with E-state index in [1.54, 1.807) is 0 Å². The van der Waals surface area contributed by atoms with Gasteiger partial charge in [-0.2, -0.15) is 11.6 Å². The Kier molecular flexibility index (Phi) is 19.9. The molecule has 0 aromatic heterocycles. The second-order valence-corrected chi connectivity index (χ2v) is 3.95. The first-order valence-electron chi connectivity index (χ1n) is 5.83. The second-order valence-electron chi connectivity index (χ2n) is 3.95. The van der Waals surface area contributed by atoms with Gasteiger partial charge in [-0.1, -0.05) is 39.5 Å². The van der Waals surface area contributed by atoms with Gasteiger partial charge in [-0.15, -0.1) is 6.42 Å². The molecule has 0 aromatic carbocycles. The van der Waals surface area contributed by atoms with Crippen molar-refractivity contribution in [1.29, 1.82) is 0 Å². The Morgan fingerprint density at radius 2 is 2.00 bits per heavy atom. The number of hydrogen-bond donors (Lipinski definition) is 0. The van der Waals surface area contributed by atoms with E-state index >= 15 is 0 Å². The minimum atomic E-state index is 0. The number of allylic oxidation sites excluding steroid dienone is 8. The molecule has 2 aliphatic rings. The normalized spacial score (nSPS) is 14.3. The summed E-state index contributed by atoms with van der Waals surface area (Å²) in [5.41, 5.74) is 2.82. The summed E-state index contributed by atoms with van der Waals surface area (Å²) in [5, 5.41) is 0. The summed E-state index contributed by atoms with van der Waals surface area (Å²) in [5.74, 6) is 0. The minimum Gasteiger partial charge on any atom is -1.00 e. The minimum absolute atomic E-state index is 0. The van der Waals surface area contributed by atoms with Crippen molar-refractivity contribution in [3.8, 4) is 0 Å². The molecule has 0 bridgehead atoms. The van der Waals surface area contributed by atoms with Crippen molar-refractivity contribution in [2.24, 2.45) is 0 Å². The third kappa shape index (κ3) is 11.4. The molecule has 0 saturated carbocycles. The van der Waals surface area contributed by atoms with Crippen molar-refractivity contribution >= 4 is 0 Å². The van der Waals surface area contributed by atoms with Crippen molar-refractivity contribution < 1.29 is 46.5 Å². The van der Waals surface area contributed by atoms with Crippen LogP contribution in [0.2, 0.25) is 0 Å². The van der Waals surface area contributed by atoms with Crippen LogP contribution >= 0.6 is 0 Å². The van der Waals surface area contributed by atoms with E-state index in [0.717, 1.165) is 12.8 Å². The summed E-state index contributed by atoms with van der Waals surface area (Å²) in [7, 11) is 0. The molecule has 0 aromatic rings.